The quantitative estimate of drug-likeness (QED) is 0.863. The van der Waals surface area contributed by atoms with Crippen molar-refractivity contribution in [3.05, 3.63) is 28.6 Å². The third-order valence-corrected chi connectivity index (χ3v) is 5.57. The average Bonchev–Trinajstić information content (AvgIpc) is 3.23. The van der Waals surface area contributed by atoms with Crippen LogP contribution in [0.4, 0.5) is 0 Å². The third-order valence-electron chi connectivity index (χ3n) is 3.69. The molecule has 1 saturated heterocycles. The predicted octanol–water partition coefficient (Wildman–Crippen LogP) is 2.48. The Hall–Kier alpha value is -1.77. The Bertz CT molecular complexity index is 677. The molecule has 2 unspecified atom stereocenters. The molecule has 6 nitrogen and oxygen atoms in total. The van der Waals surface area contributed by atoms with E-state index in [9.17, 15) is 14.7 Å². The van der Waals surface area contributed by atoms with Crippen molar-refractivity contribution in [1.29, 1.82) is 0 Å². The predicted molar refractivity (Wildman–Crippen MR) is 87.9 cm³/mol. The highest BCUT2D eigenvalue weighted by atomic mass is 32.1. The molecule has 3 rings (SSSR count). The highest BCUT2D eigenvalue weighted by Crippen LogP contribution is 2.28. The van der Waals surface area contributed by atoms with E-state index in [1.165, 1.54) is 11.3 Å². The Kier molecular flexibility index (Phi) is 5.04. The lowest BCUT2D eigenvalue weighted by Crippen LogP contribution is -2.48. The minimum absolute atomic E-state index is 0.208. The van der Waals surface area contributed by atoms with Crippen LogP contribution in [0.25, 0.3) is 9.88 Å². The highest BCUT2D eigenvalue weighted by Gasteiger charge is 2.32. The fourth-order valence-electron chi connectivity index (χ4n) is 2.52. The van der Waals surface area contributed by atoms with Crippen molar-refractivity contribution >= 4 is 34.6 Å². The molecule has 2 N–H and O–H groups in total. The van der Waals surface area contributed by atoms with Gasteiger partial charge in [-0.1, -0.05) is 6.07 Å². The second kappa shape index (κ2) is 7.20. The summed E-state index contributed by atoms with van der Waals surface area (Å²) in [5.74, 6) is -1.70. The molecule has 2 aromatic heterocycles. The van der Waals surface area contributed by atoms with Gasteiger partial charge in [0.25, 0.3) is 5.91 Å². The summed E-state index contributed by atoms with van der Waals surface area (Å²) in [5, 5.41) is 16.3. The fraction of sp³-hybridized carbons (Fsp3) is 0.400. The highest BCUT2D eigenvalue weighted by molar-refractivity contribution is 7.20. The van der Waals surface area contributed by atoms with E-state index in [1.807, 2.05) is 17.5 Å². The van der Waals surface area contributed by atoms with Crippen LogP contribution in [0.5, 0.6) is 0 Å². The van der Waals surface area contributed by atoms with Crippen LogP contribution in [0.3, 0.4) is 0 Å². The fourth-order valence-corrected chi connectivity index (χ4v) is 4.13. The van der Waals surface area contributed by atoms with Gasteiger partial charge in [-0.3, -0.25) is 4.79 Å². The normalized spacial score (nSPS) is 19.2. The maximum absolute atomic E-state index is 12.3. The van der Waals surface area contributed by atoms with E-state index in [0.717, 1.165) is 22.7 Å². The molecule has 0 spiro atoms. The van der Waals surface area contributed by atoms with Gasteiger partial charge in [-0.05, 0) is 24.3 Å². The van der Waals surface area contributed by atoms with Crippen molar-refractivity contribution in [1.82, 2.24) is 10.3 Å². The summed E-state index contributed by atoms with van der Waals surface area (Å²) < 4.78 is 5.33. The Morgan fingerprint density at radius 2 is 2.30 bits per heavy atom. The van der Waals surface area contributed by atoms with Crippen molar-refractivity contribution in [3.63, 3.8) is 0 Å². The lowest BCUT2D eigenvalue weighted by molar-refractivity contribution is -0.142. The van der Waals surface area contributed by atoms with Crippen LogP contribution < -0.4 is 5.32 Å². The SMILES string of the molecule is O=C(NC(C(=O)O)C1CCCOC1)c1csc(-c2cccs2)n1. The van der Waals surface area contributed by atoms with Gasteiger partial charge in [0.2, 0.25) is 0 Å². The summed E-state index contributed by atoms with van der Waals surface area (Å²) in [5.41, 5.74) is 0.251. The second-order valence-corrected chi connectivity index (χ2v) is 7.09. The second-order valence-electron chi connectivity index (χ2n) is 5.28. The molecule has 8 heteroatoms. The molecule has 0 bridgehead atoms. The van der Waals surface area contributed by atoms with Crippen molar-refractivity contribution in [2.75, 3.05) is 13.2 Å². The Morgan fingerprint density at radius 1 is 1.43 bits per heavy atom. The van der Waals surface area contributed by atoms with E-state index in [1.54, 1.807) is 16.7 Å². The number of nitrogens with zero attached hydrogens (tertiary/aromatic N) is 1. The van der Waals surface area contributed by atoms with Crippen molar-refractivity contribution in [3.8, 4) is 9.88 Å². The zero-order valence-corrected chi connectivity index (χ0v) is 13.9. The van der Waals surface area contributed by atoms with Crippen LogP contribution >= 0.6 is 22.7 Å². The minimum atomic E-state index is -1.04. The molecule has 0 aromatic carbocycles. The zero-order valence-electron chi connectivity index (χ0n) is 12.2. The summed E-state index contributed by atoms with van der Waals surface area (Å²) in [6.07, 6.45) is 1.54. The largest absolute Gasteiger partial charge is 0.480 e. The van der Waals surface area contributed by atoms with Gasteiger partial charge < -0.3 is 15.2 Å². The number of hydrogen-bond donors (Lipinski definition) is 2. The third kappa shape index (κ3) is 3.77. The number of aromatic nitrogens is 1. The van der Waals surface area contributed by atoms with Crippen LogP contribution in [0.15, 0.2) is 22.9 Å². The number of hydrogen-bond acceptors (Lipinski definition) is 6. The van der Waals surface area contributed by atoms with Crippen LogP contribution in [-0.2, 0) is 9.53 Å². The standard InChI is InChI=1S/C15H16N2O4S2/c18-13(10-8-23-14(16-10)11-4-2-6-22-11)17-12(15(19)20)9-3-1-5-21-7-9/h2,4,6,8-9,12H,1,3,5,7H2,(H,17,18)(H,19,20). The molecule has 0 radical (unpaired) electrons. The van der Waals surface area contributed by atoms with Crippen molar-refractivity contribution in [2.45, 2.75) is 18.9 Å². The molecule has 1 amide bonds. The maximum Gasteiger partial charge on any atom is 0.326 e. The molecule has 0 saturated carbocycles. The summed E-state index contributed by atoms with van der Waals surface area (Å²) in [7, 11) is 0. The number of thiazole rings is 1. The van der Waals surface area contributed by atoms with E-state index < -0.39 is 17.9 Å². The van der Waals surface area contributed by atoms with Gasteiger partial charge in [-0.15, -0.1) is 22.7 Å². The number of ether oxygens (including phenoxy) is 1. The van der Waals surface area contributed by atoms with E-state index in [4.69, 9.17) is 4.74 Å². The molecule has 23 heavy (non-hydrogen) atoms. The van der Waals surface area contributed by atoms with E-state index in [0.29, 0.717) is 13.2 Å². The number of thiophene rings is 1. The molecule has 122 valence electrons. The molecule has 1 aliphatic heterocycles. The smallest absolute Gasteiger partial charge is 0.326 e. The van der Waals surface area contributed by atoms with Crippen LogP contribution in [0, 0.1) is 5.92 Å². The van der Waals surface area contributed by atoms with E-state index >= 15 is 0 Å². The monoisotopic (exact) mass is 352 g/mol. The van der Waals surface area contributed by atoms with Crippen molar-refractivity contribution < 1.29 is 19.4 Å². The van der Waals surface area contributed by atoms with Gasteiger partial charge in [0.1, 0.15) is 16.7 Å². The molecule has 1 fully saturated rings. The molecular weight excluding hydrogens is 336 g/mol. The molecule has 0 aliphatic carbocycles. The van der Waals surface area contributed by atoms with Gasteiger partial charge in [-0.25, -0.2) is 9.78 Å². The molecular formula is C15H16N2O4S2. The van der Waals surface area contributed by atoms with Gasteiger partial charge in [0.05, 0.1) is 11.5 Å². The number of carbonyl (C=O) groups is 2. The van der Waals surface area contributed by atoms with Gasteiger partial charge >= 0.3 is 5.97 Å². The first-order valence-corrected chi connectivity index (χ1v) is 9.02. The van der Waals surface area contributed by atoms with Gasteiger partial charge in [-0.2, -0.15) is 0 Å². The Morgan fingerprint density at radius 3 is 2.96 bits per heavy atom. The van der Waals surface area contributed by atoms with Crippen LogP contribution in [-0.4, -0.2) is 41.2 Å². The lowest BCUT2D eigenvalue weighted by Gasteiger charge is -2.27. The van der Waals surface area contributed by atoms with Crippen LogP contribution in [0.1, 0.15) is 23.3 Å². The van der Waals surface area contributed by atoms with Crippen LogP contribution in [0.2, 0.25) is 0 Å². The van der Waals surface area contributed by atoms with Gasteiger partial charge in [0, 0.05) is 17.9 Å². The number of nitrogens with one attached hydrogen (secondary N) is 1. The lowest BCUT2D eigenvalue weighted by atomic mass is 9.93. The van der Waals surface area contributed by atoms with Crippen molar-refractivity contribution in [2.24, 2.45) is 5.92 Å². The van der Waals surface area contributed by atoms with E-state index in [-0.39, 0.29) is 11.6 Å². The number of rotatable bonds is 5. The number of carboxylic acids is 1. The summed E-state index contributed by atoms with van der Waals surface area (Å²) >= 11 is 2.92. The average molecular weight is 352 g/mol. The van der Waals surface area contributed by atoms with E-state index in [2.05, 4.69) is 10.3 Å². The van der Waals surface area contributed by atoms with Gasteiger partial charge in [0.15, 0.2) is 0 Å². The summed E-state index contributed by atoms with van der Waals surface area (Å²) in [6, 6.07) is 2.91. The number of carbonyl (C=O) groups excluding carboxylic acids is 1. The Balaban J connectivity index is 1.70. The maximum atomic E-state index is 12.3. The minimum Gasteiger partial charge on any atom is -0.480 e. The first-order chi connectivity index (χ1) is 11.1. The first-order valence-electron chi connectivity index (χ1n) is 7.26. The first kappa shape index (κ1) is 16.1. The Labute approximate surface area is 141 Å². The number of aliphatic carboxylic acids is 1. The number of amides is 1. The summed E-state index contributed by atoms with van der Waals surface area (Å²) in [4.78, 5) is 29.1. The zero-order chi connectivity index (χ0) is 16.2. The number of carboxylic acid groups (broad SMARTS) is 1. The topological polar surface area (TPSA) is 88.5 Å². The molecule has 3 heterocycles. The summed E-state index contributed by atoms with van der Waals surface area (Å²) in [6.45, 7) is 1.00. The molecule has 1 aliphatic rings. The molecule has 2 aromatic rings. The molecule has 2 atom stereocenters.